The zero-order chi connectivity index (χ0) is 17.5. The van der Waals surface area contributed by atoms with Gasteiger partial charge < -0.3 is 5.32 Å². The fourth-order valence-corrected chi connectivity index (χ4v) is 1.92. The third kappa shape index (κ3) is 4.55. The molecule has 1 heterocycles. The van der Waals surface area contributed by atoms with Gasteiger partial charge in [0, 0.05) is 12.4 Å². The Bertz CT molecular complexity index is 917. The van der Waals surface area contributed by atoms with Crippen LogP contribution in [0.3, 0.4) is 0 Å². The molecule has 1 aromatic carbocycles. The molecule has 0 atom stereocenters. The monoisotopic (exact) mass is 346 g/mol. The number of rotatable bonds is 3. The molecule has 9 nitrogen and oxygen atoms in total. The van der Waals surface area contributed by atoms with Crippen LogP contribution in [0.25, 0.3) is 0 Å². The molecular weight excluding hydrogens is 336 g/mol. The summed E-state index contributed by atoms with van der Waals surface area (Å²) in [6.07, 6.45) is 2.86. The third-order valence-corrected chi connectivity index (χ3v) is 3.04. The number of para-hydroxylation sites is 1. The number of nitrogens with zero attached hydrogens (tertiary/aromatic N) is 2. The van der Waals surface area contributed by atoms with E-state index in [0.29, 0.717) is 0 Å². The summed E-state index contributed by atoms with van der Waals surface area (Å²) < 4.78 is 23.2. The first kappa shape index (κ1) is 17.0. The van der Waals surface area contributed by atoms with Gasteiger partial charge in [0.15, 0.2) is 0 Å². The van der Waals surface area contributed by atoms with Crippen LogP contribution in [-0.4, -0.2) is 31.2 Å². The molecule has 10 heteroatoms. The van der Waals surface area contributed by atoms with Crippen molar-refractivity contribution in [2.75, 3.05) is 5.32 Å². The number of hydrogen-bond donors (Lipinski definition) is 2. The minimum Gasteiger partial charge on any atom is -0.321 e. The number of carbonyl (C=O) groups is 3. The molecule has 2 rings (SSSR count). The topological polar surface area (TPSA) is 135 Å². The molecule has 122 valence electrons. The Balaban J connectivity index is 2.21. The average Bonchev–Trinajstić information content (AvgIpc) is 2.55. The second-order valence-electron chi connectivity index (χ2n) is 4.31. The number of aromatic nitrogens is 1. The largest absolute Gasteiger partial charge is 0.362 e. The summed E-state index contributed by atoms with van der Waals surface area (Å²) in [6.45, 7) is 0. The second-order valence-corrected chi connectivity index (χ2v) is 4.93. The minimum atomic E-state index is -2.97. The van der Waals surface area contributed by atoms with Gasteiger partial charge in [0.25, 0.3) is 11.8 Å². The smallest absolute Gasteiger partial charge is 0.321 e. The van der Waals surface area contributed by atoms with Crippen LogP contribution in [-0.2, 0) is 10.5 Å². The third-order valence-electron chi connectivity index (χ3n) is 2.72. The molecule has 0 saturated carbocycles. The molecule has 4 amide bonds. The van der Waals surface area contributed by atoms with E-state index < -0.39 is 28.3 Å². The van der Waals surface area contributed by atoms with E-state index in [-0.39, 0.29) is 16.8 Å². The van der Waals surface area contributed by atoms with Crippen LogP contribution < -0.4 is 10.6 Å². The Morgan fingerprint density at radius 1 is 1.00 bits per heavy atom. The predicted octanol–water partition coefficient (Wildman–Crippen LogP) is 1.25. The van der Waals surface area contributed by atoms with Crippen molar-refractivity contribution < 1.29 is 22.8 Å². The maximum absolute atomic E-state index is 12.1. The van der Waals surface area contributed by atoms with Crippen molar-refractivity contribution in [3.63, 3.8) is 0 Å². The Kier molecular flexibility index (Phi) is 5.47. The van der Waals surface area contributed by atoms with E-state index in [1.54, 1.807) is 17.4 Å². The number of benzene rings is 1. The number of pyridine rings is 1. The summed E-state index contributed by atoms with van der Waals surface area (Å²) in [5.74, 6) is -1.41. The van der Waals surface area contributed by atoms with Crippen LogP contribution in [0.5, 0.6) is 0 Å². The Labute approximate surface area is 137 Å². The maximum atomic E-state index is 12.1. The van der Waals surface area contributed by atoms with Gasteiger partial charge in [-0.15, -0.1) is 0 Å². The molecule has 0 spiro atoms. The number of amides is 4. The van der Waals surface area contributed by atoms with Gasteiger partial charge in [0.2, 0.25) is 0 Å². The molecule has 0 aliphatic carbocycles. The number of urea groups is 1. The van der Waals surface area contributed by atoms with Gasteiger partial charge in [-0.1, -0.05) is 16.5 Å². The standard InChI is InChI=1S/C14H10N4O5S/c19-12(9-4-3-7-15-8-9)16-11-6-2-1-5-10(11)13(20)17-14(21)18-24(22)23/h1-8H,(H,16,19)(H,17,20,21). The van der Waals surface area contributed by atoms with E-state index in [4.69, 9.17) is 0 Å². The predicted molar refractivity (Wildman–Crippen MR) is 82.8 cm³/mol. The fraction of sp³-hybridized carbons (Fsp3) is 0. The number of anilines is 1. The Morgan fingerprint density at radius 2 is 1.75 bits per heavy atom. The summed E-state index contributed by atoms with van der Waals surface area (Å²) >= 11 is 0. The molecule has 0 saturated heterocycles. The molecule has 0 unspecified atom stereocenters. The lowest BCUT2D eigenvalue weighted by Crippen LogP contribution is -2.29. The van der Waals surface area contributed by atoms with Crippen molar-refractivity contribution in [2.45, 2.75) is 0 Å². The van der Waals surface area contributed by atoms with Gasteiger partial charge >= 0.3 is 16.5 Å². The average molecular weight is 346 g/mol. The van der Waals surface area contributed by atoms with Crippen LogP contribution in [0.4, 0.5) is 10.5 Å². The fourth-order valence-electron chi connectivity index (χ4n) is 1.74. The van der Waals surface area contributed by atoms with Crippen molar-refractivity contribution in [1.29, 1.82) is 0 Å². The van der Waals surface area contributed by atoms with Gasteiger partial charge in [-0.3, -0.25) is 19.9 Å². The molecule has 2 aromatic rings. The van der Waals surface area contributed by atoms with Crippen molar-refractivity contribution >= 4 is 34.0 Å². The second kappa shape index (κ2) is 7.74. The summed E-state index contributed by atoms with van der Waals surface area (Å²) in [6, 6.07) is 7.69. The van der Waals surface area contributed by atoms with Crippen molar-refractivity contribution in [3.05, 3.63) is 59.9 Å². The van der Waals surface area contributed by atoms with Crippen LogP contribution in [0.2, 0.25) is 0 Å². The lowest BCUT2D eigenvalue weighted by atomic mass is 10.1. The summed E-state index contributed by atoms with van der Waals surface area (Å²) in [5, 5.41) is 4.30. The highest BCUT2D eigenvalue weighted by atomic mass is 32.2. The van der Waals surface area contributed by atoms with Gasteiger partial charge in [-0.2, -0.15) is 8.42 Å². The summed E-state index contributed by atoms with van der Waals surface area (Å²) in [4.78, 5) is 39.1. The van der Waals surface area contributed by atoms with E-state index in [1.807, 2.05) is 0 Å². The van der Waals surface area contributed by atoms with E-state index in [2.05, 4.69) is 14.7 Å². The Hall–Kier alpha value is -3.40. The zero-order valence-corrected chi connectivity index (χ0v) is 12.8. The molecule has 24 heavy (non-hydrogen) atoms. The molecule has 0 aliphatic heterocycles. The molecular formula is C14H10N4O5S. The highest BCUT2D eigenvalue weighted by molar-refractivity contribution is 7.62. The number of imide groups is 1. The van der Waals surface area contributed by atoms with Crippen LogP contribution in [0.1, 0.15) is 20.7 Å². The highest BCUT2D eigenvalue weighted by Gasteiger charge is 2.16. The lowest BCUT2D eigenvalue weighted by Gasteiger charge is -2.09. The van der Waals surface area contributed by atoms with E-state index in [9.17, 15) is 22.8 Å². The highest BCUT2D eigenvalue weighted by Crippen LogP contribution is 2.16. The van der Waals surface area contributed by atoms with E-state index in [1.165, 1.54) is 36.7 Å². The van der Waals surface area contributed by atoms with Gasteiger partial charge in [0.05, 0.1) is 16.8 Å². The zero-order valence-electron chi connectivity index (χ0n) is 12.0. The van der Waals surface area contributed by atoms with E-state index >= 15 is 0 Å². The molecule has 1 aromatic heterocycles. The molecule has 0 radical (unpaired) electrons. The molecule has 2 N–H and O–H groups in total. The van der Waals surface area contributed by atoms with Crippen molar-refractivity contribution in [1.82, 2.24) is 10.3 Å². The first-order chi connectivity index (χ1) is 11.5. The number of hydrogen-bond acceptors (Lipinski definition) is 6. The lowest BCUT2D eigenvalue weighted by molar-refractivity contribution is 0.0967. The van der Waals surface area contributed by atoms with Gasteiger partial charge in [-0.05, 0) is 24.3 Å². The minimum absolute atomic E-state index is 0.0324. The van der Waals surface area contributed by atoms with Crippen molar-refractivity contribution in [3.8, 4) is 0 Å². The van der Waals surface area contributed by atoms with Crippen LogP contribution >= 0.6 is 0 Å². The van der Waals surface area contributed by atoms with E-state index in [0.717, 1.165) is 0 Å². The SMILES string of the molecule is O=C(N=S(=O)=O)NC(=O)c1ccccc1NC(=O)c1cccnc1. The molecule has 0 fully saturated rings. The summed E-state index contributed by atoms with van der Waals surface area (Å²) in [7, 11) is -2.97. The normalized spacial score (nSPS) is 9.67. The first-order valence-electron chi connectivity index (χ1n) is 6.44. The summed E-state index contributed by atoms with van der Waals surface area (Å²) in [5.41, 5.74) is 0.385. The van der Waals surface area contributed by atoms with Crippen LogP contribution in [0, 0.1) is 0 Å². The van der Waals surface area contributed by atoms with Crippen molar-refractivity contribution in [2.24, 2.45) is 4.36 Å². The molecule has 0 bridgehead atoms. The number of carbonyl (C=O) groups excluding carboxylic acids is 3. The maximum Gasteiger partial charge on any atom is 0.362 e. The van der Waals surface area contributed by atoms with Crippen LogP contribution in [0.15, 0.2) is 53.2 Å². The number of nitrogens with one attached hydrogen (secondary N) is 2. The van der Waals surface area contributed by atoms with Gasteiger partial charge in [-0.25, -0.2) is 4.79 Å². The van der Waals surface area contributed by atoms with Gasteiger partial charge in [0.1, 0.15) is 0 Å². The molecule has 0 aliphatic rings. The first-order valence-corrected chi connectivity index (χ1v) is 7.47. The quantitative estimate of drug-likeness (QED) is 0.858. The Morgan fingerprint density at radius 3 is 2.42 bits per heavy atom.